The van der Waals surface area contributed by atoms with Gasteiger partial charge in [-0.3, -0.25) is 14.0 Å². The van der Waals surface area contributed by atoms with Gasteiger partial charge in [-0.25, -0.2) is 4.98 Å². The Bertz CT molecular complexity index is 1220. The number of thiophene rings is 1. The lowest BCUT2D eigenvalue weighted by atomic mass is 10.2. The molecule has 0 spiro atoms. The second-order valence-electron chi connectivity index (χ2n) is 6.78. The molecule has 1 aromatic carbocycles. The van der Waals surface area contributed by atoms with Gasteiger partial charge in [0.05, 0.1) is 25.1 Å². The van der Waals surface area contributed by atoms with Crippen LogP contribution >= 0.6 is 34.4 Å². The normalized spacial score (nSPS) is 11.0. The highest BCUT2D eigenvalue weighted by atomic mass is 32.2. The van der Waals surface area contributed by atoms with Gasteiger partial charge < -0.3 is 9.64 Å². The highest BCUT2D eigenvalue weighted by Gasteiger charge is 2.17. The number of carbonyl (C=O) groups is 1. The van der Waals surface area contributed by atoms with Gasteiger partial charge in [0.25, 0.3) is 5.56 Å². The van der Waals surface area contributed by atoms with Crippen LogP contribution in [-0.4, -0.2) is 33.1 Å². The monoisotopic (exact) mass is 471 g/mol. The molecule has 3 aromatic heterocycles. The number of hydrogen-bond acceptors (Lipinski definition) is 7. The van der Waals surface area contributed by atoms with Crippen LogP contribution in [-0.2, 0) is 23.6 Å². The number of thiazole rings is 1. The van der Waals surface area contributed by atoms with E-state index in [-0.39, 0.29) is 11.5 Å². The maximum atomic E-state index is 13.1. The summed E-state index contributed by atoms with van der Waals surface area (Å²) in [6.07, 6.45) is 1.72. The predicted molar refractivity (Wildman–Crippen MR) is 127 cm³/mol. The summed E-state index contributed by atoms with van der Waals surface area (Å²) in [6.45, 7) is 1.03. The Labute approximate surface area is 192 Å². The smallest absolute Gasteiger partial charge is 0.258 e. The summed E-state index contributed by atoms with van der Waals surface area (Å²) < 4.78 is 6.99. The minimum atomic E-state index is -0.0938. The quantitative estimate of drug-likeness (QED) is 0.364. The van der Waals surface area contributed by atoms with E-state index in [0.717, 1.165) is 16.2 Å². The summed E-state index contributed by atoms with van der Waals surface area (Å²) >= 11 is 4.53. The zero-order valence-electron chi connectivity index (χ0n) is 16.9. The molecule has 6 nitrogen and oxygen atoms in total. The van der Waals surface area contributed by atoms with Crippen molar-refractivity contribution in [3.05, 3.63) is 85.9 Å². The molecule has 0 atom stereocenters. The second-order valence-corrected chi connectivity index (χ2v) is 9.67. The van der Waals surface area contributed by atoms with Gasteiger partial charge in [-0.05, 0) is 17.5 Å². The Kier molecular flexibility index (Phi) is 7.06. The first kappa shape index (κ1) is 21.6. The number of rotatable bonds is 9. The molecule has 160 valence electrons. The molecule has 0 aliphatic carbocycles. The molecule has 0 N–H and O–H groups in total. The molecule has 1 amide bonds. The van der Waals surface area contributed by atoms with Gasteiger partial charge in [0, 0.05) is 40.4 Å². The summed E-state index contributed by atoms with van der Waals surface area (Å²) in [7, 11) is 1.64. The minimum Gasteiger partial charge on any atom is -0.496 e. The van der Waals surface area contributed by atoms with Crippen LogP contribution in [0.5, 0.6) is 5.75 Å². The average Bonchev–Trinajstić information content (AvgIpc) is 3.46. The van der Waals surface area contributed by atoms with Gasteiger partial charge in [-0.15, -0.1) is 34.4 Å². The third-order valence-electron chi connectivity index (χ3n) is 4.66. The van der Waals surface area contributed by atoms with Crippen molar-refractivity contribution >= 4 is 45.3 Å². The van der Waals surface area contributed by atoms with E-state index in [4.69, 9.17) is 4.74 Å². The fourth-order valence-corrected chi connectivity index (χ4v) is 5.43. The van der Waals surface area contributed by atoms with Gasteiger partial charge in [-0.1, -0.05) is 24.3 Å². The van der Waals surface area contributed by atoms with Crippen molar-refractivity contribution < 1.29 is 9.53 Å². The Morgan fingerprint density at radius 3 is 2.84 bits per heavy atom. The van der Waals surface area contributed by atoms with Crippen LogP contribution in [0, 0.1) is 0 Å². The molecule has 4 rings (SSSR count). The third-order valence-corrected chi connectivity index (χ3v) is 7.23. The largest absolute Gasteiger partial charge is 0.496 e. The fourth-order valence-electron chi connectivity index (χ4n) is 3.16. The lowest BCUT2D eigenvalue weighted by molar-refractivity contribution is -0.129. The second kappa shape index (κ2) is 10.1. The minimum absolute atomic E-state index is 0.0400. The van der Waals surface area contributed by atoms with E-state index in [9.17, 15) is 9.59 Å². The first-order valence-electron chi connectivity index (χ1n) is 9.59. The number of nitrogens with zero attached hydrogens (tertiary/aromatic N) is 3. The lowest BCUT2D eigenvalue weighted by Crippen LogP contribution is -2.31. The van der Waals surface area contributed by atoms with Gasteiger partial charge in [0.1, 0.15) is 5.75 Å². The number of amides is 1. The molecule has 0 saturated heterocycles. The maximum Gasteiger partial charge on any atom is 0.258 e. The van der Waals surface area contributed by atoms with Crippen LogP contribution in [0.1, 0.15) is 16.1 Å². The van der Waals surface area contributed by atoms with Crippen molar-refractivity contribution in [3.8, 4) is 5.75 Å². The summed E-state index contributed by atoms with van der Waals surface area (Å²) in [5.41, 5.74) is 1.57. The molecule has 31 heavy (non-hydrogen) atoms. The van der Waals surface area contributed by atoms with E-state index in [2.05, 4.69) is 4.98 Å². The number of ether oxygens (including phenoxy) is 1. The van der Waals surface area contributed by atoms with Crippen molar-refractivity contribution in [1.29, 1.82) is 0 Å². The molecule has 0 bridgehead atoms. The molecule has 0 fully saturated rings. The SMILES string of the molecule is COc1ccccc1CN(Cc1cccs1)C(=O)CSCc1cc(=O)n2ccsc2n1. The topological polar surface area (TPSA) is 63.9 Å². The molecular formula is C22H21N3O3S3. The van der Waals surface area contributed by atoms with Gasteiger partial charge in [-0.2, -0.15) is 0 Å². The van der Waals surface area contributed by atoms with Crippen molar-refractivity contribution in [2.75, 3.05) is 12.9 Å². The van der Waals surface area contributed by atoms with Crippen LogP contribution < -0.4 is 10.3 Å². The van der Waals surface area contributed by atoms with Crippen LogP contribution in [0.4, 0.5) is 0 Å². The number of benzene rings is 1. The molecule has 0 aliphatic heterocycles. The molecule has 0 radical (unpaired) electrons. The van der Waals surface area contributed by atoms with Crippen LogP contribution in [0.2, 0.25) is 0 Å². The third kappa shape index (κ3) is 5.36. The molecule has 3 heterocycles. The van der Waals surface area contributed by atoms with E-state index >= 15 is 0 Å². The zero-order chi connectivity index (χ0) is 21.6. The standard InChI is InChI=1S/C22H21N3O3S3/c1-28-19-7-3-2-5-16(19)12-24(13-18-6-4-9-30-18)21(27)15-29-14-17-11-20(26)25-8-10-31-22(25)23-17/h2-11H,12-15H2,1H3. The van der Waals surface area contributed by atoms with E-state index in [1.54, 1.807) is 24.6 Å². The van der Waals surface area contributed by atoms with Gasteiger partial charge in [0.2, 0.25) is 5.91 Å². The molecule has 4 aromatic rings. The van der Waals surface area contributed by atoms with Crippen molar-refractivity contribution in [2.45, 2.75) is 18.8 Å². The average molecular weight is 472 g/mol. The summed E-state index contributed by atoms with van der Waals surface area (Å²) in [4.78, 5) is 33.4. The number of methoxy groups -OCH3 is 1. The first-order chi connectivity index (χ1) is 15.1. The molecule has 0 unspecified atom stereocenters. The first-order valence-corrected chi connectivity index (χ1v) is 12.5. The van der Waals surface area contributed by atoms with Crippen molar-refractivity contribution in [1.82, 2.24) is 14.3 Å². The van der Waals surface area contributed by atoms with E-state index < -0.39 is 0 Å². The fraction of sp³-hybridized carbons (Fsp3) is 0.227. The Morgan fingerprint density at radius 2 is 2.03 bits per heavy atom. The summed E-state index contributed by atoms with van der Waals surface area (Å²) in [5, 5.41) is 3.85. The molecule has 0 aliphatic rings. The number of para-hydroxylation sites is 1. The maximum absolute atomic E-state index is 13.1. The Morgan fingerprint density at radius 1 is 1.16 bits per heavy atom. The summed E-state index contributed by atoms with van der Waals surface area (Å²) in [5.74, 6) is 1.63. The van der Waals surface area contributed by atoms with Crippen LogP contribution in [0.25, 0.3) is 4.96 Å². The molecule has 9 heteroatoms. The van der Waals surface area contributed by atoms with Gasteiger partial charge >= 0.3 is 0 Å². The van der Waals surface area contributed by atoms with E-state index in [0.29, 0.717) is 35.3 Å². The van der Waals surface area contributed by atoms with E-state index in [1.807, 2.05) is 52.1 Å². The number of thioether (sulfide) groups is 1. The number of carbonyl (C=O) groups excluding carboxylic acids is 1. The van der Waals surface area contributed by atoms with Crippen LogP contribution in [0.3, 0.4) is 0 Å². The van der Waals surface area contributed by atoms with E-state index in [1.165, 1.54) is 33.6 Å². The predicted octanol–water partition coefficient (Wildman–Crippen LogP) is 4.29. The summed E-state index contributed by atoms with van der Waals surface area (Å²) in [6, 6.07) is 13.3. The Balaban J connectivity index is 1.44. The van der Waals surface area contributed by atoms with Crippen molar-refractivity contribution in [2.24, 2.45) is 0 Å². The highest BCUT2D eigenvalue weighted by molar-refractivity contribution is 7.99. The van der Waals surface area contributed by atoms with Gasteiger partial charge in [0.15, 0.2) is 4.96 Å². The number of aromatic nitrogens is 2. The molecular weight excluding hydrogens is 450 g/mol. The zero-order valence-corrected chi connectivity index (χ0v) is 19.3. The lowest BCUT2D eigenvalue weighted by Gasteiger charge is -2.23. The number of hydrogen-bond donors (Lipinski definition) is 0. The Hall–Kier alpha value is -2.62. The highest BCUT2D eigenvalue weighted by Crippen LogP contribution is 2.22. The number of fused-ring (bicyclic) bond motifs is 1. The molecule has 0 saturated carbocycles. The van der Waals surface area contributed by atoms with Crippen molar-refractivity contribution in [3.63, 3.8) is 0 Å². The van der Waals surface area contributed by atoms with Crippen LogP contribution in [0.15, 0.2) is 64.2 Å².